The molecule has 1 aromatic heterocycles. The van der Waals surface area contributed by atoms with E-state index in [2.05, 4.69) is 10.3 Å². The van der Waals surface area contributed by atoms with E-state index in [1.807, 2.05) is 25.1 Å². The summed E-state index contributed by atoms with van der Waals surface area (Å²) in [6.07, 6.45) is 1.69. The first kappa shape index (κ1) is 15.0. The third-order valence-corrected chi connectivity index (χ3v) is 2.96. The van der Waals surface area contributed by atoms with Gasteiger partial charge in [-0.25, -0.2) is 4.98 Å². The van der Waals surface area contributed by atoms with Crippen LogP contribution in [0.2, 0.25) is 0 Å². The zero-order valence-corrected chi connectivity index (χ0v) is 12.3. The summed E-state index contributed by atoms with van der Waals surface area (Å²) in [6.45, 7) is 2.43. The predicted octanol–water partition coefficient (Wildman–Crippen LogP) is 2.80. The highest BCUT2D eigenvalue weighted by Crippen LogP contribution is 2.22. The van der Waals surface area contributed by atoms with Gasteiger partial charge in [0.05, 0.1) is 13.7 Å². The summed E-state index contributed by atoms with van der Waals surface area (Å²) in [4.78, 5) is 16.4. The second kappa shape index (κ2) is 6.85. The molecule has 0 saturated carbocycles. The first-order chi connectivity index (χ1) is 10.1. The molecule has 21 heavy (non-hydrogen) atoms. The van der Waals surface area contributed by atoms with Crippen LogP contribution < -0.4 is 10.1 Å². The van der Waals surface area contributed by atoms with Gasteiger partial charge in [-0.1, -0.05) is 12.1 Å². The summed E-state index contributed by atoms with van der Waals surface area (Å²) in [6, 6.07) is 9.08. The molecule has 0 atom stereocenters. The minimum Gasteiger partial charge on any atom is -0.480 e. The van der Waals surface area contributed by atoms with Crippen LogP contribution in [0.3, 0.4) is 0 Å². The first-order valence-corrected chi connectivity index (χ1v) is 6.54. The van der Waals surface area contributed by atoms with Crippen LogP contribution in [0.15, 0.2) is 36.5 Å². The van der Waals surface area contributed by atoms with Crippen molar-refractivity contribution in [2.24, 2.45) is 0 Å². The molecule has 2 rings (SSSR count). The number of benzene rings is 1. The lowest BCUT2D eigenvalue weighted by Crippen LogP contribution is -2.13. The first-order valence-electron chi connectivity index (χ1n) is 6.54. The number of aryl methyl sites for hydroxylation is 1. The maximum Gasteiger partial charge on any atom is 0.255 e. The number of carbonyl (C=O) groups is 1. The summed E-state index contributed by atoms with van der Waals surface area (Å²) in [5, 5.41) is 2.81. The Morgan fingerprint density at radius 1 is 1.24 bits per heavy atom. The van der Waals surface area contributed by atoms with Gasteiger partial charge in [0.15, 0.2) is 0 Å². The van der Waals surface area contributed by atoms with E-state index in [0.717, 1.165) is 11.1 Å². The molecule has 0 unspecified atom stereocenters. The molecule has 5 heteroatoms. The van der Waals surface area contributed by atoms with E-state index in [0.29, 0.717) is 23.7 Å². The second-order valence-electron chi connectivity index (χ2n) is 4.65. The van der Waals surface area contributed by atoms with Crippen LogP contribution in [0.4, 0.5) is 5.69 Å². The number of carbonyl (C=O) groups excluding carboxylic acids is 1. The summed E-state index contributed by atoms with van der Waals surface area (Å²) >= 11 is 0. The molecule has 0 spiro atoms. The molecule has 0 aliphatic carbocycles. The summed E-state index contributed by atoms with van der Waals surface area (Å²) in [7, 11) is 3.16. The lowest BCUT2D eigenvalue weighted by atomic mass is 10.1. The fraction of sp³-hybridized carbons (Fsp3) is 0.250. The van der Waals surface area contributed by atoms with Gasteiger partial charge in [-0.2, -0.15) is 0 Å². The molecule has 1 heterocycles. The molecule has 0 saturated heterocycles. The van der Waals surface area contributed by atoms with Crippen molar-refractivity contribution in [3.63, 3.8) is 0 Å². The van der Waals surface area contributed by atoms with Crippen LogP contribution >= 0.6 is 0 Å². The fourth-order valence-electron chi connectivity index (χ4n) is 1.92. The van der Waals surface area contributed by atoms with Crippen molar-refractivity contribution in [3.05, 3.63) is 53.2 Å². The largest absolute Gasteiger partial charge is 0.480 e. The highest BCUT2D eigenvalue weighted by Gasteiger charge is 2.11. The number of rotatable bonds is 5. The minimum absolute atomic E-state index is 0.204. The highest BCUT2D eigenvalue weighted by molar-refractivity contribution is 6.04. The van der Waals surface area contributed by atoms with E-state index >= 15 is 0 Å². The van der Waals surface area contributed by atoms with Gasteiger partial charge in [-0.05, 0) is 36.2 Å². The predicted molar refractivity (Wildman–Crippen MR) is 80.6 cm³/mol. The maximum atomic E-state index is 12.2. The topological polar surface area (TPSA) is 60.5 Å². The minimum atomic E-state index is -0.204. The van der Waals surface area contributed by atoms with Crippen molar-refractivity contribution >= 4 is 11.6 Å². The zero-order chi connectivity index (χ0) is 15.2. The summed E-state index contributed by atoms with van der Waals surface area (Å²) in [5.74, 6) is 0.189. The molecule has 0 bridgehead atoms. The standard InChI is InChI=1S/C16H18N2O3/c1-11-8-14(16(21-3)17-9-11)18-15(19)13-6-4-12(5-7-13)10-20-2/h4-9H,10H2,1-3H3,(H,18,19). The molecule has 1 N–H and O–H groups in total. The molecule has 0 aliphatic rings. The van der Waals surface area contributed by atoms with Crippen LogP contribution in [-0.2, 0) is 11.3 Å². The molecular formula is C16H18N2O3. The Morgan fingerprint density at radius 2 is 1.95 bits per heavy atom. The van der Waals surface area contributed by atoms with Gasteiger partial charge in [0.2, 0.25) is 5.88 Å². The third kappa shape index (κ3) is 3.79. The van der Waals surface area contributed by atoms with Crippen LogP contribution in [0.5, 0.6) is 5.88 Å². The van der Waals surface area contributed by atoms with Gasteiger partial charge < -0.3 is 14.8 Å². The maximum absolute atomic E-state index is 12.2. The van der Waals surface area contributed by atoms with Gasteiger partial charge >= 0.3 is 0 Å². The Labute approximate surface area is 123 Å². The number of hydrogen-bond acceptors (Lipinski definition) is 4. The molecule has 0 fully saturated rings. The zero-order valence-electron chi connectivity index (χ0n) is 12.3. The number of anilines is 1. The second-order valence-corrected chi connectivity index (χ2v) is 4.65. The molecular weight excluding hydrogens is 268 g/mol. The monoisotopic (exact) mass is 286 g/mol. The molecule has 0 radical (unpaired) electrons. The van der Waals surface area contributed by atoms with E-state index in [4.69, 9.17) is 9.47 Å². The van der Waals surface area contributed by atoms with E-state index in [1.165, 1.54) is 7.11 Å². The number of hydrogen-bond donors (Lipinski definition) is 1. The average Bonchev–Trinajstić information content (AvgIpc) is 2.48. The molecule has 0 aliphatic heterocycles. The lowest BCUT2D eigenvalue weighted by molar-refractivity contribution is 0.102. The Hall–Kier alpha value is -2.40. The Morgan fingerprint density at radius 3 is 2.57 bits per heavy atom. The van der Waals surface area contributed by atoms with Gasteiger partial charge in [-0.15, -0.1) is 0 Å². The van der Waals surface area contributed by atoms with E-state index in [9.17, 15) is 4.79 Å². The number of pyridine rings is 1. The third-order valence-electron chi connectivity index (χ3n) is 2.96. The lowest BCUT2D eigenvalue weighted by Gasteiger charge is -2.10. The fourth-order valence-corrected chi connectivity index (χ4v) is 1.92. The van der Waals surface area contributed by atoms with Crippen molar-refractivity contribution in [1.82, 2.24) is 4.98 Å². The number of nitrogens with one attached hydrogen (secondary N) is 1. The molecule has 110 valence electrons. The van der Waals surface area contributed by atoms with Crippen LogP contribution in [0.1, 0.15) is 21.5 Å². The number of aromatic nitrogens is 1. The summed E-state index contributed by atoms with van der Waals surface area (Å²) in [5.41, 5.74) is 3.09. The van der Waals surface area contributed by atoms with Crippen LogP contribution in [0, 0.1) is 6.92 Å². The van der Waals surface area contributed by atoms with Crippen LogP contribution in [0.25, 0.3) is 0 Å². The van der Waals surface area contributed by atoms with Gasteiger partial charge in [0.25, 0.3) is 5.91 Å². The van der Waals surface area contributed by atoms with Gasteiger partial charge in [-0.3, -0.25) is 4.79 Å². The number of amides is 1. The van der Waals surface area contributed by atoms with Crippen molar-refractivity contribution in [2.45, 2.75) is 13.5 Å². The average molecular weight is 286 g/mol. The van der Waals surface area contributed by atoms with Crippen molar-refractivity contribution in [3.8, 4) is 5.88 Å². The SMILES string of the molecule is COCc1ccc(C(=O)Nc2cc(C)cnc2OC)cc1. The van der Waals surface area contributed by atoms with E-state index in [1.54, 1.807) is 25.4 Å². The quantitative estimate of drug-likeness (QED) is 0.918. The van der Waals surface area contributed by atoms with Gasteiger partial charge in [0, 0.05) is 18.9 Å². The van der Waals surface area contributed by atoms with Crippen LogP contribution in [-0.4, -0.2) is 25.1 Å². The van der Waals surface area contributed by atoms with E-state index in [-0.39, 0.29) is 5.91 Å². The Balaban J connectivity index is 2.15. The number of ether oxygens (including phenoxy) is 2. The smallest absolute Gasteiger partial charge is 0.255 e. The summed E-state index contributed by atoms with van der Waals surface area (Å²) < 4.78 is 10.2. The van der Waals surface area contributed by atoms with Crippen molar-refractivity contribution in [1.29, 1.82) is 0 Å². The van der Waals surface area contributed by atoms with Gasteiger partial charge in [0.1, 0.15) is 5.69 Å². The number of methoxy groups -OCH3 is 2. The molecule has 5 nitrogen and oxygen atoms in total. The molecule has 1 amide bonds. The van der Waals surface area contributed by atoms with E-state index < -0.39 is 0 Å². The Bertz CT molecular complexity index is 624. The number of nitrogens with zero attached hydrogens (tertiary/aromatic N) is 1. The Kier molecular flexibility index (Phi) is 4.90. The van der Waals surface area contributed by atoms with Crippen molar-refractivity contribution < 1.29 is 14.3 Å². The highest BCUT2D eigenvalue weighted by atomic mass is 16.5. The normalized spacial score (nSPS) is 10.2. The van der Waals surface area contributed by atoms with Crippen molar-refractivity contribution in [2.75, 3.05) is 19.5 Å². The molecule has 1 aromatic carbocycles. The molecule has 2 aromatic rings.